The maximum absolute atomic E-state index is 12.1. The van der Waals surface area contributed by atoms with Gasteiger partial charge in [0.05, 0.1) is 34.0 Å². The first-order valence-corrected chi connectivity index (χ1v) is 14.9. The molecule has 3 N–H and O–H groups in total. The number of phenolic OH excluding ortho intramolecular Hbond substituents is 1. The summed E-state index contributed by atoms with van der Waals surface area (Å²) in [6, 6.07) is 26.5. The summed E-state index contributed by atoms with van der Waals surface area (Å²) in [4.78, 5) is 12.1. The number of aromatic nitrogens is 2. The predicted octanol–water partition coefficient (Wildman–Crippen LogP) is 10.6. The number of azo groups is 3. The Morgan fingerprint density at radius 1 is 0.673 bits per heavy atom. The second-order valence-electron chi connectivity index (χ2n) is 11.2. The Kier molecular flexibility index (Phi) is 10.1. The normalized spacial score (nSPS) is 11.6. The fourth-order valence-corrected chi connectivity index (χ4v) is 5.03. The van der Waals surface area contributed by atoms with E-state index in [1.54, 1.807) is 44.2 Å². The molecule has 6 rings (SSSR count). The van der Waals surface area contributed by atoms with E-state index < -0.39 is 5.97 Å². The molecule has 0 atom stereocenters. The monoisotopic (exact) mass is 701 g/mol. The number of aromatic carboxylic acids is 1. The van der Waals surface area contributed by atoms with Crippen molar-refractivity contribution in [3.8, 4) is 17.3 Å². The molecule has 0 saturated carbocycles. The Morgan fingerprint density at radius 2 is 1.33 bits per heavy atom. The molecule has 0 bridgehead atoms. The van der Waals surface area contributed by atoms with E-state index in [-0.39, 0.29) is 51.3 Å². The van der Waals surface area contributed by atoms with Gasteiger partial charge in [0.2, 0.25) is 5.88 Å². The molecular formula is C36H30CuN8O4. The number of aromatic hydroxyl groups is 2. The molecule has 0 aliphatic carbocycles. The topological polar surface area (TPSA) is 170 Å². The van der Waals surface area contributed by atoms with Crippen LogP contribution in [0.1, 0.15) is 32.7 Å². The summed E-state index contributed by atoms with van der Waals surface area (Å²) in [5.74, 6) is -1.51. The fourth-order valence-electron chi connectivity index (χ4n) is 5.03. The van der Waals surface area contributed by atoms with Crippen molar-refractivity contribution in [3.05, 3.63) is 119 Å². The molecule has 1 aromatic heterocycles. The second kappa shape index (κ2) is 14.4. The first-order valence-electron chi connectivity index (χ1n) is 14.9. The Morgan fingerprint density at radius 3 is 2.04 bits per heavy atom. The van der Waals surface area contributed by atoms with E-state index in [1.165, 1.54) is 16.8 Å². The molecule has 0 aliphatic heterocycles. The second-order valence-corrected chi connectivity index (χ2v) is 11.2. The van der Waals surface area contributed by atoms with Crippen LogP contribution < -0.4 is 0 Å². The molecule has 12 nitrogen and oxygen atoms in total. The summed E-state index contributed by atoms with van der Waals surface area (Å²) < 4.78 is 1.40. The van der Waals surface area contributed by atoms with Crippen molar-refractivity contribution < 1.29 is 37.2 Å². The number of hydrogen-bond acceptors (Lipinski definition) is 10. The van der Waals surface area contributed by atoms with E-state index >= 15 is 0 Å². The van der Waals surface area contributed by atoms with Crippen LogP contribution in [0.3, 0.4) is 0 Å². The summed E-state index contributed by atoms with van der Waals surface area (Å²) in [5, 5.41) is 62.9. The van der Waals surface area contributed by atoms with Crippen LogP contribution in [0.5, 0.6) is 11.6 Å². The molecule has 5 aromatic carbocycles. The molecule has 0 amide bonds. The van der Waals surface area contributed by atoms with Gasteiger partial charge in [-0.15, -0.1) is 15.3 Å². The number of fused-ring (bicyclic) bond motifs is 1. The average molecular weight is 702 g/mol. The van der Waals surface area contributed by atoms with E-state index in [0.717, 1.165) is 16.5 Å². The predicted molar refractivity (Wildman–Crippen MR) is 182 cm³/mol. The molecule has 0 saturated heterocycles. The van der Waals surface area contributed by atoms with E-state index in [4.69, 9.17) is 0 Å². The third-order valence-electron chi connectivity index (χ3n) is 7.56. The Balaban J connectivity index is 0.00000468. The number of carbonyl (C=O) groups is 1. The molecule has 1 heterocycles. The zero-order chi connectivity index (χ0) is 33.9. The van der Waals surface area contributed by atoms with E-state index in [2.05, 4.69) is 35.8 Å². The van der Waals surface area contributed by atoms with Gasteiger partial charge in [-0.1, -0.05) is 35.9 Å². The zero-order valence-corrected chi connectivity index (χ0v) is 27.7. The van der Waals surface area contributed by atoms with Gasteiger partial charge in [0, 0.05) is 22.5 Å². The zero-order valence-electron chi connectivity index (χ0n) is 26.8. The number of carboxylic acid groups (broad SMARTS) is 1. The van der Waals surface area contributed by atoms with Crippen molar-refractivity contribution in [3.63, 3.8) is 0 Å². The molecule has 0 unspecified atom stereocenters. The van der Waals surface area contributed by atoms with Crippen LogP contribution in [-0.4, -0.2) is 31.1 Å². The van der Waals surface area contributed by atoms with E-state index in [9.17, 15) is 20.1 Å². The SMILES string of the molecule is Cc1ccc(-n2nc(C)c(N=Nc3ccc4cc(C)c(N=Nc5ccc(N=Nc6cccc(C)c6)cc5C(=O)O)c(O)c4c3)c2O)cc1.[Cu]. The molecule has 0 aliphatic rings. The molecule has 6 aromatic rings. The molecule has 13 heteroatoms. The number of rotatable bonds is 8. The standard InChI is InChI=1S/C36H30N8O4.Cu/c1-20-8-13-28(14-9-20)44-35(46)33(23(4)43-44)42-39-26-11-10-24-17-22(3)32(34(45)29(24)18-26)41-40-31-15-12-27(19-30(31)36(47)48)38-37-25-7-5-6-21(2)16-25;/h5-19,45-46H,1-4H3,(H,47,48);. The molecular weight excluding hydrogens is 672 g/mol. The van der Waals surface area contributed by atoms with Crippen LogP contribution in [-0.2, 0) is 17.1 Å². The van der Waals surface area contributed by atoms with Crippen LogP contribution >= 0.6 is 0 Å². The number of aryl methyl sites for hydroxylation is 4. The largest absolute Gasteiger partial charge is 0.505 e. The van der Waals surface area contributed by atoms with Crippen molar-refractivity contribution in [2.24, 2.45) is 30.7 Å². The van der Waals surface area contributed by atoms with Gasteiger partial charge in [-0.3, -0.25) is 0 Å². The number of nitrogens with zero attached hydrogens (tertiary/aromatic N) is 8. The number of phenols is 1. The summed E-state index contributed by atoms with van der Waals surface area (Å²) in [7, 11) is 0. The van der Waals surface area contributed by atoms with Gasteiger partial charge in [-0.2, -0.15) is 25.1 Å². The van der Waals surface area contributed by atoms with Crippen LogP contribution in [0.25, 0.3) is 16.5 Å². The van der Waals surface area contributed by atoms with Gasteiger partial charge in [0.1, 0.15) is 11.4 Å². The van der Waals surface area contributed by atoms with Crippen LogP contribution in [0.15, 0.2) is 122 Å². The molecule has 0 spiro atoms. The van der Waals surface area contributed by atoms with Gasteiger partial charge in [-0.05, 0) is 105 Å². The Bertz CT molecular complexity index is 2300. The Labute approximate surface area is 291 Å². The maximum Gasteiger partial charge on any atom is 0.338 e. The Hall–Kier alpha value is -6.04. The van der Waals surface area contributed by atoms with Crippen LogP contribution in [0, 0.1) is 27.7 Å². The van der Waals surface area contributed by atoms with Crippen molar-refractivity contribution in [1.29, 1.82) is 0 Å². The first kappa shape index (κ1) is 34.3. The van der Waals surface area contributed by atoms with E-state index in [0.29, 0.717) is 39.4 Å². The summed E-state index contributed by atoms with van der Waals surface area (Å²) in [6.45, 7) is 7.41. The molecule has 49 heavy (non-hydrogen) atoms. The van der Waals surface area contributed by atoms with Gasteiger partial charge in [0.15, 0.2) is 11.4 Å². The smallest absolute Gasteiger partial charge is 0.338 e. The van der Waals surface area contributed by atoms with Crippen LogP contribution in [0.4, 0.5) is 34.1 Å². The van der Waals surface area contributed by atoms with Crippen molar-refractivity contribution in [2.45, 2.75) is 27.7 Å². The maximum atomic E-state index is 12.1. The van der Waals surface area contributed by atoms with Gasteiger partial charge in [-0.25, -0.2) is 4.79 Å². The summed E-state index contributed by atoms with van der Waals surface area (Å²) >= 11 is 0. The summed E-state index contributed by atoms with van der Waals surface area (Å²) in [5.41, 5.74) is 5.65. The minimum Gasteiger partial charge on any atom is -0.505 e. The van der Waals surface area contributed by atoms with Crippen molar-refractivity contribution >= 4 is 50.9 Å². The number of benzene rings is 5. The van der Waals surface area contributed by atoms with Crippen molar-refractivity contribution in [1.82, 2.24) is 9.78 Å². The van der Waals surface area contributed by atoms with Crippen LogP contribution in [0.2, 0.25) is 0 Å². The first-order chi connectivity index (χ1) is 23.1. The minimum atomic E-state index is -1.21. The molecule has 1 radical (unpaired) electrons. The third-order valence-corrected chi connectivity index (χ3v) is 7.56. The van der Waals surface area contributed by atoms with Crippen molar-refractivity contribution in [2.75, 3.05) is 0 Å². The van der Waals surface area contributed by atoms with Gasteiger partial charge < -0.3 is 15.3 Å². The number of carboxylic acids is 1. The average Bonchev–Trinajstić information content (AvgIpc) is 3.35. The molecule has 0 fully saturated rings. The minimum absolute atomic E-state index is 0. The third kappa shape index (κ3) is 7.43. The van der Waals surface area contributed by atoms with Gasteiger partial charge in [0.25, 0.3) is 0 Å². The van der Waals surface area contributed by atoms with Gasteiger partial charge >= 0.3 is 5.97 Å². The van der Waals surface area contributed by atoms with E-state index in [1.807, 2.05) is 62.4 Å². The number of hydrogen-bond donors (Lipinski definition) is 3. The summed E-state index contributed by atoms with van der Waals surface area (Å²) in [6.07, 6.45) is 0. The molecule has 249 valence electrons. The quantitative estimate of drug-likeness (QED) is 0.106. The fraction of sp³-hybridized carbons (Fsp3) is 0.111.